The van der Waals surface area contributed by atoms with Gasteiger partial charge in [-0.3, -0.25) is 19.4 Å². The van der Waals surface area contributed by atoms with Gasteiger partial charge in [-0.25, -0.2) is 4.98 Å². The van der Waals surface area contributed by atoms with E-state index in [1.165, 1.54) is 0 Å². The molecule has 10 heteroatoms. The molecule has 4 N–H and O–H groups in total. The van der Waals surface area contributed by atoms with Gasteiger partial charge in [-0.05, 0) is 31.2 Å². The van der Waals surface area contributed by atoms with Crippen molar-refractivity contribution in [2.24, 2.45) is 0 Å². The van der Waals surface area contributed by atoms with E-state index in [4.69, 9.17) is 5.73 Å². The average Bonchev–Trinajstić information content (AvgIpc) is 2.85. The normalized spacial score (nSPS) is 13.6. The van der Waals surface area contributed by atoms with Crippen molar-refractivity contribution < 1.29 is 9.59 Å². The third-order valence-corrected chi connectivity index (χ3v) is 6.42. The minimum absolute atomic E-state index is 0.0318. The van der Waals surface area contributed by atoms with E-state index in [1.54, 1.807) is 24.3 Å². The molecule has 2 heterocycles. The Balaban J connectivity index is 1.32. The van der Waals surface area contributed by atoms with Gasteiger partial charge in [0.25, 0.3) is 11.5 Å². The van der Waals surface area contributed by atoms with E-state index >= 15 is 0 Å². The fourth-order valence-electron chi connectivity index (χ4n) is 3.62. The quantitative estimate of drug-likeness (QED) is 0.367. The van der Waals surface area contributed by atoms with Crippen LogP contribution in [0.3, 0.4) is 0 Å². The number of aromatic nitrogens is 2. The molecule has 0 spiro atoms. The molecule has 1 aliphatic rings. The highest BCUT2D eigenvalue weighted by atomic mass is 32.2. The van der Waals surface area contributed by atoms with Gasteiger partial charge in [0.2, 0.25) is 5.91 Å². The zero-order valence-electron chi connectivity index (χ0n) is 18.8. The lowest BCUT2D eigenvalue weighted by atomic mass is 10.1. The molecule has 9 nitrogen and oxygen atoms in total. The van der Waals surface area contributed by atoms with Crippen molar-refractivity contribution in [3.05, 3.63) is 76.1 Å². The smallest absolute Gasteiger partial charge is 0.277 e. The van der Waals surface area contributed by atoms with Crippen molar-refractivity contribution >= 4 is 40.8 Å². The maximum Gasteiger partial charge on any atom is 0.277 e. The summed E-state index contributed by atoms with van der Waals surface area (Å²) in [6, 6.07) is 17.0. The van der Waals surface area contributed by atoms with Crippen LogP contribution in [0.5, 0.6) is 0 Å². The molecule has 0 saturated carbocycles. The Labute approximate surface area is 201 Å². The summed E-state index contributed by atoms with van der Waals surface area (Å²) >= 11 is 1.11. The maximum atomic E-state index is 12.7. The molecule has 4 rings (SSSR count). The molecule has 0 aliphatic carbocycles. The van der Waals surface area contributed by atoms with E-state index < -0.39 is 11.5 Å². The second-order valence-corrected chi connectivity index (χ2v) is 8.91. The number of thioether (sulfide) groups is 1. The summed E-state index contributed by atoms with van der Waals surface area (Å²) in [7, 11) is 0. The second-order valence-electron chi connectivity index (χ2n) is 7.94. The largest absolute Gasteiger partial charge is 0.382 e. The molecule has 0 radical (unpaired) electrons. The molecule has 1 fully saturated rings. The molecule has 1 aromatic heterocycles. The fraction of sp³-hybridized carbons (Fsp3) is 0.250. The van der Waals surface area contributed by atoms with Crippen LogP contribution >= 0.6 is 11.8 Å². The highest BCUT2D eigenvalue weighted by molar-refractivity contribution is 7.99. The number of piperazine rings is 1. The topological polar surface area (TPSA) is 124 Å². The zero-order valence-corrected chi connectivity index (χ0v) is 19.6. The summed E-state index contributed by atoms with van der Waals surface area (Å²) in [6.45, 7) is 4.70. The first kappa shape index (κ1) is 23.4. The van der Waals surface area contributed by atoms with Crippen LogP contribution in [0.1, 0.15) is 15.9 Å². The van der Waals surface area contributed by atoms with Gasteiger partial charge >= 0.3 is 0 Å². The predicted octanol–water partition coefficient (Wildman–Crippen LogP) is 2.35. The first-order valence-corrected chi connectivity index (χ1v) is 11.9. The van der Waals surface area contributed by atoms with Crippen LogP contribution in [0.15, 0.2) is 64.5 Å². The van der Waals surface area contributed by atoms with E-state index in [0.29, 0.717) is 18.7 Å². The molecule has 0 bridgehead atoms. The van der Waals surface area contributed by atoms with Crippen LogP contribution in [-0.2, 0) is 4.79 Å². The van der Waals surface area contributed by atoms with E-state index in [2.05, 4.69) is 32.3 Å². The zero-order chi connectivity index (χ0) is 24.1. The molecule has 34 heavy (non-hydrogen) atoms. The highest BCUT2D eigenvalue weighted by Gasteiger charge is 2.22. The Kier molecular flexibility index (Phi) is 7.17. The summed E-state index contributed by atoms with van der Waals surface area (Å²) in [6.07, 6.45) is 0. The minimum Gasteiger partial charge on any atom is -0.382 e. The monoisotopic (exact) mass is 478 g/mol. The van der Waals surface area contributed by atoms with Gasteiger partial charge in [0, 0.05) is 37.4 Å². The number of anilines is 3. The number of nitrogens with zero attached hydrogens (tertiary/aromatic N) is 3. The maximum absolute atomic E-state index is 12.7. The summed E-state index contributed by atoms with van der Waals surface area (Å²) in [5.74, 6) is -0.460. The molecule has 0 atom stereocenters. The lowest BCUT2D eigenvalue weighted by molar-refractivity contribution is -0.128. The number of nitrogens with one attached hydrogen (secondary N) is 2. The fourth-order valence-corrected chi connectivity index (χ4v) is 4.39. The van der Waals surface area contributed by atoms with Crippen LogP contribution in [0, 0.1) is 6.92 Å². The lowest BCUT2D eigenvalue weighted by Crippen LogP contribution is -2.49. The number of nitrogens with two attached hydrogens (primary N) is 1. The second kappa shape index (κ2) is 10.4. The standard InChI is InChI=1S/C24H26N6O3S/c1-16-7-9-17(10-8-16)22(32)26-20-21(25)27-24(28-23(20)33)34-15-19(31)30-13-11-29(12-14-30)18-5-3-2-4-6-18/h2-10H,11-15H2,1H3,(H,26,32)(H3,25,27,28,33). The molecule has 176 valence electrons. The van der Waals surface area contributed by atoms with Crippen LogP contribution in [-0.4, -0.2) is 58.6 Å². The van der Waals surface area contributed by atoms with Gasteiger partial charge in [-0.1, -0.05) is 47.7 Å². The lowest BCUT2D eigenvalue weighted by Gasteiger charge is -2.36. The van der Waals surface area contributed by atoms with Crippen molar-refractivity contribution in [2.45, 2.75) is 12.1 Å². The first-order valence-electron chi connectivity index (χ1n) is 10.9. The Hall–Kier alpha value is -3.79. The van der Waals surface area contributed by atoms with E-state index in [1.807, 2.05) is 30.0 Å². The number of benzene rings is 2. The highest BCUT2D eigenvalue weighted by Crippen LogP contribution is 2.20. The van der Waals surface area contributed by atoms with Crippen molar-refractivity contribution in [2.75, 3.05) is 47.9 Å². The van der Waals surface area contributed by atoms with Crippen LogP contribution in [0.2, 0.25) is 0 Å². The van der Waals surface area contributed by atoms with Gasteiger partial charge in [0.05, 0.1) is 5.75 Å². The number of amides is 2. The van der Waals surface area contributed by atoms with Crippen molar-refractivity contribution in [3.63, 3.8) is 0 Å². The molecule has 1 aliphatic heterocycles. The number of carbonyl (C=O) groups is 2. The number of nitrogen functional groups attached to an aromatic ring is 1. The Bertz CT molecular complexity index is 1220. The molecule has 1 saturated heterocycles. The number of aryl methyl sites for hydroxylation is 1. The third kappa shape index (κ3) is 5.57. The van der Waals surface area contributed by atoms with Gasteiger partial charge in [0.1, 0.15) is 5.69 Å². The van der Waals surface area contributed by atoms with Gasteiger partial charge in [-0.2, -0.15) is 0 Å². The number of hydrogen-bond acceptors (Lipinski definition) is 7. The number of carbonyl (C=O) groups excluding carboxylic acids is 2. The van der Waals surface area contributed by atoms with Crippen molar-refractivity contribution in [1.82, 2.24) is 14.9 Å². The molecule has 0 unspecified atom stereocenters. The minimum atomic E-state index is -0.570. The van der Waals surface area contributed by atoms with Gasteiger partial charge < -0.3 is 20.9 Å². The summed E-state index contributed by atoms with van der Waals surface area (Å²) < 4.78 is 0. The Morgan fingerprint density at radius 3 is 2.38 bits per heavy atom. The van der Waals surface area contributed by atoms with Crippen LogP contribution in [0.4, 0.5) is 17.2 Å². The van der Waals surface area contributed by atoms with Crippen LogP contribution in [0.25, 0.3) is 0 Å². The molecular formula is C24H26N6O3S. The van der Waals surface area contributed by atoms with E-state index in [9.17, 15) is 14.4 Å². The number of H-pyrrole nitrogens is 1. The first-order chi connectivity index (χ1) is 16.4. The molecule has 2 amide bonds. The molecule has 3 aromatic rings. The average molecular weight is 479 g/mol. The Morgan fingerprint density at radius 1 is 1.06 bits per heavy atom. The van der Waals surface area contributed by atoms with Crippen LogP contribution < -0.4 is 21.5 Å². The SMILES string of the molecule is Cc1ccc(C(=O)Nc2c(N)nc(SCC(=O)N3CCN(c4ccccc4)CC3)[nH]c2=O)cc1. The van der Waals surface area contributed by atoms with E-state index in [0.717, 1.165) is 36.1 Å². The summed E-state index contributed by atoms with van der Waals surface area (Å²) in [4.78, 5) is 48.4. The van der Waals surface area contributed by atoms with Gasteiger partial charge in [-0.15, -0.1) is 0 Å². The molecular weight excluding hydrogens is 452 g/mol. The predicted molar refractivity (Wildman–Crippen MR) is 134 cm³/mol. The molecule has 2 aromatic carbocycles. The number of aromatic amines is 1. The summed E-state index contributed by atoms with van der Waals surface area (Å²) in [5.41, 5.74) is 7.82. The van der Waals surface area contributed by atoms with Crippen molar-refractivity contribution in [1.29, 1.82) is 0 Å². The number of rotatable bonds is 6. The third-order valence-electron chi connectivity index (χ3n) is 5.56. The van der Waals surface area contributed by atoms with Gasteiger partial charge in [0.15, 0.2) is 11.0 Å². The Morgan fingerprint density at radius 2 is 1.74 bits per heavy atom. The van der Waals surface area contributed by atoms with E-state index in [-0.39, 0.29) is 28.3 Å². The summed E-state index contributed by atoms with van der Waals surface area (Å²) in [5, 5.41) is 2.75. The number of hydrogen-bond donors (Lipinski definition) is 3. The van der Waals surface area contributed by atoms with Crippen molar-refractivity contribution in [3.8, 4) is 0 Å². The number of para-hydroxylation sites is 1.